The van der Waals surface area contributed by atoms with E-state index in [4.69, 9.17) is 0 Å². The summed E-state index contributed by atoms with van der Waals surface area (Å²) in [6.45, 7) is 1.93. The third-order valence-electron chi connectivity index (χ3n) is 2.12. The number of aromatic nitrogens is 3. The molecule has 0 aliphatic carbocycles. The lowest BCUT2D eigenvalue weighted by atomic mass is 10.4. The van der Waals surface area contributed by atoms with E-state index in [0.29, 0.717) is 5.82 Å². The van der Waals surface area contributed by atoms with Crippen LogP contribution in [0.5, 0.6) is 0 Å². The summed E-state index contributed by atoms with van der Waals surface area (Å²) < 4.78 is 6.26. The highest BCUT2D eigenvalue weighted by atomic mass is 16.5. The number of hydrogen-bond acceptors (Lipinski definition) is 4. The highest BCUT2D eigenvalue weighted by Gasteiger charge is 2.09. The smallest absolute Gasteiger partial charge is 0.313 e. The standard InChI is InChI=1S/C10H11N3O2/c1-7-4-3-5-9-11-8(12-13(7)9)6-10(14)15-2/h3-5H,6H2,1-2H3. The van der Waals surface area contributed by atoms with Crippen LogP contribution in [-0.2, 0) is 16.0 Å². The molecule has 2 heterocycles. The van der Waals surface area contributed by atoms with Crippen molar-refractivity contribution in [1.82, 2.24) is 14.6 Å². The van der Waals surface area contributed by atoms with Crippen LogP contribution in [0.15, 0.2) is 18.2 Å². The van der Waals surface area contributed by atoms with Gasteiger partial charge < -0.3 is 4.74 Å². The maximum atomic E-state index is 11.0. The van der Waals surface area contributed by atoms with Crippen LogP contribution in [-0.4, -0.2) is 27.7 Å². The normalized spacial score (nSPS) is 10.5. The topological polar surface area (TPSA) is 56.5 Å². The number of hydrogen-bond donors (Lipinski definition) is 0. The molecular weight excluding hydrogens is 194 g/mol. The van der Waals surface area contributed by atoms with Gasteiger partial charge >= 0.3 is 5.97 Å². The van der Waals surface area contributed by atoms with E-state index in [-0.39, 0.29) is 12.4 Å². The molecule has 5 nitrogen and oxygen atoms in total. The molecule has 2 aromatic rings. The number of ether oxygens (including phenoxy) is 1. The first-order valence-corrected chi connectivity index (χ1v) is 4.59. The maximum Gasteiger partial charge on any atom is 0.313 e. The van der Waals surface area contributed by atoms with Crippen LogP contribution in [0, 0.1) is 6.92 Å². The van der Waals surface area contributed by atoms with Gasteiger partial charge in [0.05, 0.1) is 7.11 Å². The molecule has 0 atom stereocenters. The molecule has 15 heavy (non-hydrogen) atoms. The third-order valence-corrected chi connectivity index (χ3v) is 2.12. The monoisotopic (exact) mass is 205 g/mol. The van der Waals surface area contributed by atoms with Crippen molar-refractivity contribution in [3.8, 4) is 0 Å². The molecule has 0 radical (unpaired) electrons. The van der Waals surface area contributed by atoms with Crippen molar-refractivity contribution in [3.63, 3.8) is 0 Å². The predicted octanol–water partition coefficient (Wildman–Crippen LogP) is 0.753. The van der Waals surface area contributed by atoms with E-state index in [1.807, 2.05) is 25.1 Å². The molecular formula is C10H11N3O2. The number of pyridine rings is 1. The molecule has 0 aliphatic heterocycles. The number of methoxy groups -OCH3 is 1. The van der Waals surface area contributed by atoms with Gasteiger partial charge in [-0.1, -0.05) is 6.07 Å². The first kappa shape index (κ1) is 9.64. The van der Waals surface area contributed by atoms with E-state index >= 15 is 0 Å². The van der Waals surface area contributed by atoms with Crippen LogP contribution >= 0.6 is 0 Å². The Bertz CT molecular complexity index is 504. The van der Waals surface area contributed by atoms with Crippen LogP contribution in [0.4, 0.5) is 0 Å². The Hall–Kier alpha value is -1.91. The lowest BCUT2D eigenvalue weighted by Crippen LogP contribution is -2.06. The van der Waals surface area contributed by atoms with Gasteiger partial charge in [-0.05, 0) is 19.1 Å². The Kier molecular flexibility index (Phi) is 2.37. The zero-order chi connectivity index (χ0) is 10.8. The van der Waals surface area contributed by atoms with Crippen LogP contribution in [0.2, 0.25) is 0 Å². The Morgan fingerprint density at radius 3 is 3.00 bits per heavy atom. The van der Waals surface area contributed by atoms with E-state index in [1.54, 1.807) is 4.52 Å². The van der Waals surface area contributed by atoms with E-state index < -0.39 is 0 Å². The summed E-state index contributed by atoms with van der Waals surface area (Å²) in [5.74, 6) is 0.153. The van der Waals surface area contributed by atoms with Gasteiger partial charge in [-0.25, -0.2) is 9.50 Å². The molecule has 0 unspecified atom stereocenters. The Morgan fingerprint density at radius 1 is 1.53 bits per heavy atom. The fourth-order valence-electron chi connectivity index (χ4n) is 1.36. The van der Waals surface area contributed by atoms with Crippen LogP contribution < -0.4 is 0 Å². The summed E-state index contributed by atoms with van der Waals surface area (Å²) in [5.41, 5.74) is 1.73. The van der Waals surface area contributed by atoms with Gasteiger partial charge in [0.1, 0.15) is 6.42 Å². The minimum Gasteiger partial charge on any atom is -0.469 e. The lowest BCUT2D eigenvalue weighted by Gasteiger charge is -1.94. The molecule has 0 saturated carbocycles. The summed E-state index contributed by atoms with van der Waals surface area (Å²) in [4.78, 5) is 15.2. The van der Waals surface area contributed by atoms with Crippen molar-refractivity contribution in [2.45, 2.75) is 13.3 Å². The van der Waals surface area contributed by atoms with E-state index in [2.05, 4.69) is 14.8 Å². The highest BCUT2D eigenvalue weighted by molar-refractivity contribution is 5.71. The molecule has 0 spiro atoms. The van der Waals surface area contributed by atoms with Crippen LogP contribution in [0.25, 0.3) is 5.65 Å². The SMILES string of the molecule is COC(=O)Cc1nc2cccc(C)n2n1. The number of rotatable bonds is 2. The summed E-state index contributed by atoms with van der Waals surface area (Å²) in [5, 5.41) is 4.20. The molecule has 0 fully saturated rings. The molecule has 0 aliphatic rings. The van der Waals surface area contributed by atoms with Crippen molar-refractivity contribution in [2.24, 2.45) is 0 Å². The van der Waals surface area contributed by atoms with E-state index in [1.165, 1.54) is 7.11 Å². The Morgan fingerprint density at radius 2 is 2.33 bits per heavy atom. The van der Waals surface area contributed by atoms with Gasteiger partial charge in [0.25, 0.3) is 0 Å². The number of aryl methyl sites for hydroxylation is 1. The number of carbonyl (C=O) groups excluding carboxylic acids is 1. The summed E-state index contributed by atoms with van der Waals surface area (Å²) in [6, 6.07) is 5.69. The minimum atomic E-state index is -0.330. The largest absolute Gasteiger partial charge is 0.469 e. The number of nitrogens with zero attached hydrogens (tertiary/aromatic N) is 3. The first-order valence-electron chi connectivity index (χ1n) is 4.59. The number of esters is 1. The molecule has 0 N–H and O–H groups in total. The minimum absolute atomic E-state index is 0.109. The van der Waals surface area contributed by atoms with Crippen molar-refractivity contribution < 1.29 is 9.53 Å². The van der Waals surface area contributed by atoms with Crippen molar-refractivity contribution >= 4 is 11.6 Å². The van der Waals surface area contributed by atoms with E-state index in [9.17, 15) is 4.79 Å². The van der Waals surface area contributed by atoms with Gasteiger partial charge in [0, 0.05) is 5.69 Å². The molecule has 0 saturated heterocycles. The van der Waals surface area contributed by atoms with Gasteiger partial charge in [-0.2, -0.15) is 5.10 Å². The number of fused-ring (bicyclic) bond motifs is 1. The fraction of sp³-hybridized carbons (Fsp3) is 0.300. The molecule has 0 amide bonds. The van der Waals surface area contributed by atoms with Gasteiger partial charge in [-0.15, -0.1) is 0 Å². The van der Waals surface area contributed by atoms with Crippen molar-refractivity contribution in [2.75, 3.05) is 7.11 Å². The Labute approximate surface area is 86.7 Å². The first-order chi connectivity index (χ1) is 7.20. The van der Waals surface area contributed by atoms with Gasteiger partial charge in [0.15, 0.2) is 11.5 Å². The van der Waals surface area contributed by atoms with Crippen molar-refractivity contribution in [3.05, 3.63) is 29.7 Å². The number of carbonyl (C=O) groups is 1. The average molecular weight is 205 g/mol. The van der Waals surface area contributed by atoms with Crippen molar-refractivity contribution in [1.29, 1.82) is 0 Å². The van der Waals surface area contributed by atoms with Crippen LogP contribution in [0.1, 0.15) is 11.5 Å². The lowest BCUT2D eigenvalue weighted by molar-refractivity contribution is -0.139. The average Bonchev–Trinajstić information content (AvgIpc) is 2.62. The summed E-state index contributed by atoms with van der Waals surface area (Å²) >= 11 is 0. The van der Waals surface area contributed by atoms with Gasteiger partial charge in [0.2, 0.25) is 0 Å². The molecule has 5 heteroatoms. The second-order valence-electron chi connectivity index (χ2n) is 3.22. The second-order valence-corrected chi connectivity index (χ2v) is 3.22. The second kappa shape index (κ2) is 3.68. The molecule has 0 bridgehead atoms. The highest BCUT2D eigenvalue weighted by Crippen LogP contribution is 2.05. The molecule has 78 valence electrons. The molecule has 2 aromatic heterocycles. The zero-order valence-electron chi connectivity index (χ0n) is 8.60. The predicted molar refractivity (Wildman–Crippen MR) is 53.4 cm³/mol. The summed E-state index contributed by atoms with van der Waals surface area (Å²) in [6.07, 6.45) is 0.109. The molecule has 2 rings (SSSR count). The quantitative estimate of drug-likeness (QED) is 0.679. The van der Waals surface area contributed by atoms with Crippen LogP contribution in [0.3, 0.4) is 0 Å². The Balaban J connectivity index is 2.39. The third kappa shape index (κ3) is 1.81. The maximum absolute atomic E-state index is 11.0. The van der Waals surface area contributed by atoms with E-state index in [0.717, 1.165) is 11.3 Å². The van der Waals surface area contributed by atoms with Gasteiger partial charge in [-0.3, -0.25) is 4.79 Å². The zero-order valence-corrected chi connectivity index (χ0v) is 8.60. The molecule has 0 aromatic carbocycles. The summed E-state index contributed by atoms with van der Waals surface area (Å²) in [7, 11) is 1.35. The fourth-order valence-corrected chi connectivity index (χ4v) is 1.36.